The number of nitrogens with one attached hydrogen (secondary N) is 1. The van der Waals surface area contributed by atoms with Crippen molar-refractivity contribution in [2.45, 2.75) is 25.9 Å². The van der Waals surface area contributed by atoms with E-state index in [0.29, 0.717) is 6.04 Å². The standard InChI is InChI=1S/C19H26N2/c1-4-16-10-12-18(13-11-16)19(20-2)15-21(3)14-17-8-6-5-7-9-17/h5-13,19-20H,4,14-15H2,1-3H3. The van der Waals surface area contributed by atoms with E-state index in [1.807, 2.05) is 7.05 Å². The zero-order chi connectivity index (χ0) is 15.1. The second kappa shape index (κ2) is 7.96. The first-order chi connectivity index (χ1) is 10.2. The number of hydrogen-bond donors (Lipinski definition) is 1. The molecule has 0 saturated carbocycles. The van der Waals surface area contributed by atoms with Crippen molar-refractivity contribution < 1.29 is 0 Å². The predicted molar refractivity (Wildman–Crippen MR) is 90.4 cm³/mol. The summed E-state index contributed by atoms with van der Waals surface area (Å²) in [5, 5.41) is 3.43. The summed E-state index contributed by atoms with van der Waals surface area (Å²) in [4.78, 5) is 2.37. The summed E-state index contributed by atoms with van der Waals surface area (Å²) in [7, 11) is 4.21. The molecule has 2 heteroatoms. The molecule has 0 spiro atoms. The summed E-state index contributed by atoms with van der Waals surface area (Å²) < 4.78 is 0. The first kappa shape index (κ1) is 15.7. The molecule has 0 bridgehead atoms. The van der Waals surface area contributed by atoms with Gasteiger partial charge in [0.1, 0.15) is 0 Å². The predicted octanol–water partition coefficient (Wildman–Crippen LogP) is 3.64. The van der Waals surface area contributed by atoms with Crippen LogP contribution in [0.1, 0.15) is 29.7 Å². The molecule has 2 aromatic carbocycles. The summed E-state index contributed by atoms with van der Waals surface area (Å²) in [5.41, 5.74) is 4.11. The lowest BCUT2D eigenvalue weighted by atomic mass is 10.0. The Balaban J connectivity index is 1.97. The average Bonchev–Trinajstić information content (AvgIpc) is 2.53. The van der Waals surface area contributed by atoms with Gasteiger partial charge in [0.2, 0.25) is 0 Å². The van der Waals surface area contributed by atoms with Crippen LogP contribution in [0.25, 0.3) is 0 Å². The van der Waals surface area contributed by atoms with Gasteiger partial charge in [0.25, 0.3) is 0 Å². The van der Waals surface area contributed by atoms with Crippen LogP contribution in [0.15, 0.2) is 54.6 Å². The van der Waals surface area contributed by atoms with Crippen LogP contribution in [-0.4, -0.2) is 25.5 Å². The number of aryl methyl sites for hydroxylation is 1. The number of nitrogens with zero attached hydrogens (tertiary/aromatic N) is 1. The smallest absolute Gasteiger partial charge is 0.0446 e. The van der Waals surface area contributed by atoms with Crippen LogP contribution in [0.4, 0.5) is 0 Å². The molecule has 0 radical (unpaired) electrons. The van der Waals surface area contributed by atoms with E-state index in [1.54, 1.807) is 0 Å². The molecule has 2 aromatic rings. The van der Waals surface area contributed by atoms with Crippen molar-refractivity contribution in [1.29, 1.82) is 0 Å². The van der Waals surface area contributed by atoms with Gasteiger partial charge in [-0.3, -0.25) is 0 Å². The Labute approximate surface area is 128 Å². The maximum Gasteiger partial charge on any atom is 0.0446 e. The molecule has 0 fully saturated rings. The third-order valence-corrected chi connectivity index (χ3v) is 3.93. The van der Waals surface area contributed by atoms with Crippen molar-refractivity contribution in [3.05, 3.63) is 71.3 Å². The molecule has 0 aliphatic heterocycles. The minimum atomic E-state index is 0.365. The van der Waals surface area contributed by atoms with Gasteiger partial charge in [-0.15, -0.1) is 0 Å². The normalized spacial score (nSPS) is 12.6. The van der Waals surface area contributed by atoms with Crippen molar-refractivity contribution in [3.8, 4) is 0 Å². The second-order valence-corrected chi connectivity index (χ2v) is 5.62. The Bertz CT molecular complexity index is 519. The molecule has 0 heterocycles. The fourth-order valence-electron chi connectivity index (χ4n) is 2.62. The number of likely N-dealkylation sites (N-methyl/N-ethyl adjacent to an activating group) is 2. The zero-order valence-corrected chi connectivity index (χ0v) is 13.3. The number of hydrogen-bond acceptors (Lipinski definition) is 2. The molecule has 0 saturated heterocycles. The molecule has 112 valence electrons. The van der Waals surface area contributed by atoms with Crippen LogP contribution in [0.5, 0.6) is 0 Å². The van der Waals surface area contributed by atoms with Crippen molar-refractivity contribution in [2.24, 2.45) is 0 Å². The van der Waals surface area contributed by atoms with E-state index in [1.165, 1.54) is 16.7 Å². The lowest BCUT2D eigenvalue weighted by molar-refractivity contribution is 0.289. The molecule has 21 heavy (non-hydrogen) atoms. The number of rotatable bonds is 7. The Hall–Kier alpha value is -1.64. The van der Waals surface area contributed by atoms with Crippen molar-refractivity contribution >= 4 is 0 Å². The lowest BCUT2D eigenvalue weighted by Crippen LogP contribution is -2.31. The highest BCUT2D eigenvalue weighted by Crippen LogP contribution is 2.16. The van der Waals surface area contributed by atoms with Crippen LogP contribution in [0, 0.1) is 0 Å². The summed E-state index contributed by atoms with van der Waals surface area (Å²) >= 11 is 0. The molecule has 2 nitrogen and oxygen atoms in total. The highest BCUT2D eigenvalue weighted by molar-refractivity contribution is 5.25. The van der Waals surface area contributed by atoms with Crippen LogP contribution in [0.2, 0.25) is 0 Å². The van der Waals surface area contributed by atoms with E-state index in [-0.39, 0.29) is 0 Å². The van der Waals surface area contributed by atoms with Crippen molar-refractivity contribution in [1.82, 2.24) is 10.2 Å². The highest BCUT2D eigenvalue weighted by atomic mass is 15.1. The van der Waals surface area contributed by atoms with Gasteiger partial charge in [-0.05, 0) is 37.2 Å². The van der Waals surface area contributed by atoms with Crippen LogP contribution >= 0.6 is 0 Å². The molecular formula is C19H26N2. The monoisotopic (exact) mass is 282 g/mol. The first-order valence-corrected chi connectivity index (χ1v) is 7.71. The van der Waals surface area contributed by atoms with Crippen LogP contribution < -0.4 is 5.32 Å². The maximum atomic E-state index is 3.43. The fraction of sp³-hybridized carbons (Fsp3) is 0.368. The largest absolute Gasteiger partial charge is 0.312 e. The van der Waals surface area contributed by atoms with E-state index < -0.39 is 0 Å². The van der Waals surface area contributed by atoms with Gasteiger partial charge in [0.15, 0.2) is 0 Å². The van der Waals surface area contributed by atoms with Gasteiger partial charge in [0.05, 0.1) is 0 Å². The quantitative estimate of drug-likeness (QED) is 0.834. The Morgan fingerprint density at radius 3 is 2.19 bits per heavy atom. The summed E-state index contributed by atoms with van der Waals surface area (Å²) in [6.45, 7) is 4.17. The van der Waals surface area contributed by atoms with E-state index in [2.05, 4.69) is 78.8 Å². The summed E-state index contributed by atoms with van der Waals surface area (Å²) in [6.07, 6.45) is 1.10. The van der Waals surface area contributed by atoms with E-state index in [9.17, 15) is 0 Å². The van der Waals surface area contributed by atoms with Crippen LogP contribution in [0.3, 0.4) is 0 Å². The molecular weight excluding hydrogens is 256 g/mol. The van der Waals surface area contributed by atoms with Gasteiger partial charge in [-0.2, -0.15) is 0 Å². The van der Waals surface area contributed by atoms with E-state index in [0.717, 1.165) is 19.5 Å². The minimum Gasteiger partial charge on any atom is -0.312 e. The van der Waals surface area contributed by atoms with Gasteiger partial charge in [0, 0.05) is 19.1 Å². The zero-order valence-electron chi connectivity index (χ0n) is 13.3. The SMILES string of the molecule is CCc1ccc(C(CN(C)Cc2ccccc2)NC)cc1. The molecule has 0 aliphatic carbocycles. The Kier molecular flexibility index (Phi) is 5.97. The van der Waals surface area contributed by atoms with E-state index >= 15 is 0 Å². The number of benzene rings is 2. The Morgan fingerprint density at radius 1 is 0.952 bits per heavy atom. The van der Waals surface area contributed by atoms with Crippen molar-refractivity contribution in [3.63, 3.8) is 0 Å². The summed E-state index contributed by atoms with van der Waals surface area (Å²) in [6, 6.07) is 20.0. The molecule has 0 aromatic heterocycles. The average molecular weight is 282 g/mol. The van der Waals surface area contributed by atoms with Crippen molar-refractivity contribution in [2.75, 3.05) is 20.6 Å². The van der Waals surface area contributed by atoms with Crippen LogP contribution in [-0.2, 0) is 13.0 Å². The first-order valence-electron chi connectivity index (χ1n) is 7.71. The molecule has 0 aliphatic rings. The van der Waals surface area contributed by atoms with E-state index in [4.69, 9.17) is 0 Å². The van der Waals surface area contributed by atoms with Gasteiger partial charge >= 0.3 is 0 Å². The molecule has 0 amide bonds. The van der Waals surface area contributed by atoms with Gasteiger partial charge < -0.3 is 10.2 Å². The summed E-state index contributed by atoms with van der Waals surface area (Å²) in [5.74, 6) is 0. The fourth-order valence-corrected chi connectivity index (χ4v) is 2.62. The topological polar surface area (TPSA) is 15.3 Å². The molecule has 1 unspecified atom stereocenters. The second-order valence-electron chi connectivity index (χ2n) is 5.62. The minimum absolute atomic E-state index is 0.365. The molecule has 2 rings (SSSR count). The third kappa shape index (κ3) is 4.69. The maximum absolute atomic E-state index is 3.43. The van der Waals surface area contributed by atoms with Gasteiger partial charge in [-0.1, -0.05) is 61.5 Å². The lowest BCUT2D eigenvalue weighted by Gasteiger charge is -2.24. The Morgan fingerprint density at radius 2 is 1.62 bits per heavy atom. The third-order valence-electron chi connectivity index (χ3n) is 3.93. The van der Waals surface area contributed by atoms with Gasteiger partial charge in [-0.25, -0.2) is 0 Å². The highest BCUT2D eigenvalue weighted by Gasteiger charge is 2.12. The molecule has 1 atom stereocenters. The molecule has 1 N–H and O–H groups in total.